The number of hydrogen-bond acceptors (Lipinski definition) is 0. The Morgan fingerprint density at radius 1 is 1.00 bits per heavy atom. The van der Waals surface area contributed by atoms with Gasteiger partial charge in [0.2, 0.25) is 0 Å². The molecule has 0 amide bonds. The second-order valence-corrected chi connectivity index (χ2v) is 3.57. The molecule has 0 nitrogen and oxygen atoms in total. The van der Waals surface area contributed by atoms with Gasteiger partial charge >= 0.3 is 0 Å². The summed E-state index contributed by atoms with van der Waals surface area (Å²) in [6.07, 6.45) is 14.2. The molecule has 0 aromatic rings. The van der Waals surface area contributed by atoms with Crippen molar-refractivity contribution in [3.05, 3.63) is 0 Å². The lowest BCUT2D eigenvalue weighted by Crippen LogP contribution is -2.10. The van der Waals surface area contributed by atoms with Gasteiger partial charge in [-0.2, -0.15) is 0 Å². The van der Waals surface area contributed by atoms with Crippen molar-refractivity contribution < 1.29 is 0 Å². The lowest BCUT2D eigenvalue weighted by molar-refractivity contribution is 0.317. The maximum absolute atomic E-state index is 5.17. The molecule has 0 aliphatic heterocycles. The van der Waals surface area contributed by atoms with E-state index in [2.05, 4.69) is 25.7 Å². The van der Waals surface area contributed by atoms with Crippen LogP contribution in [0.25, 0.3) is 0 Å². The number of hydrogen-bond donors (Lipinski definition) is 0. The fourth-order valence-corrected chi connectivity index (χ4v) is 0.946. The lowest BCUT2D eigenvalue weighted by atomic mass is 9.83. The molecule has 11 heavy (non-hydrogen) atoms. The zero-order valence-corrected chi connectivity index (χ0v) is 7.48. The average molecular weight is 148 g/mol. The van der Waals surface area contributed by atoms with Gasteiger partial charge in [0.05, 0.1) is 0 Å². The van der Waals surface area contributed by atoms with Crippen LogP contribution in [-0.2, 0) is 0 Å². The molecule has 0 aliphatic rings. The Balaban J connectivity index is 3.64. The predicted molar refractivity (Wildman–Crippen MR) is 49.9 cm³/mol. The van der Waals surface area contributed by atoms with Crippen LogP contribution in [0.4, 0.5) is 0 Å². The predicted octanol–water partition coefficient (Wildman–Crippen LogP) is 2.84. The molecule has 0 atom stereocenters. The largest absolute Gasteiger partial charge is 0.120 e. The van der Waals surface area contributed by atoms with E-state index >= 15 is 0 Å². The minimum atomic E-state index is 0.318. The van der Waals surface area contributed by atoms with Crippen LogP contribution in [0.2, 0.25) is 0 Å². The molecule has 0 aromatic carbocycles. The van der Waals surface area contributed by atoms with E-state index < -0.39 is 0 Å². The Labute approximate surface area is 70.4 Å². The molecule has 0 rings (SSSR count). The van der Waals surface area contributed by atoms with Gasteiger partial charge in [-0.25, -0.2) is 0 Å². The maximum atomic E-state index is 5.17. The van der Waals surface area contributed by atoms with Gasteiger partial charge in [0.1, 0.15) is 0 Å². The van der Waals surface area contributed by atoms with E-state index in [1.807, 2.05) is 0 Å². The van der Waals surface area contributed by atoms with E-state index in [1.54, 1.807) is 0 Å². The molecule has 0 heteroatoms. The first kappa shape index (κ1) is 10.1. The molecule has 0 unspecified atom stereocenters. The molecule has 0 N–H and O–H groups in total. The molecule has 0 heterocycles. The molecule has 0 radical (unpaired) electrons. The van der Waals surface area contributed by atoms with E-state index in [4.69, 9.17) is 12.8 Å². The van der Waals surface area contributed by atoms with Crippen molar-refractivity contribution in [3.63, 3.8) is 0 Å². The molecule has 0 fully saturated rings. The van der Waals surface area contributed by atoms with Gasteiger partial charge in [-0.1, -0.05) is 13.8 Å². The Hall–Kier alpha value is -0.880. The molecule has 0 saturated heterocycles. The Bertz CT molecular complexity index is 153. The van der Waals surface area contributed by atoms with Crippen LogP contribution in [0.15, 0.2) is 0 Å². The molecule has 0 saturated carbocycles. The SMILES string of the molecule is C#CCCC(C)(C)CCC#C. The van der Waals surface area contributed by atoms with E-state index in [0.29, 0.717) is 5.41 Å². The van der Waals surface area contributed by atoms with Crippen molar-refractivity contribution in [2.75, 3.05) is 0 Å². The molecule has 60 valence electrons. The first-order chi connectivity index (χ1) is 5.12. The summed E-state index contributed by atoms with van der Waals surface area (Å²) in [5.74, 6) is 5.30. The van der Waals surface area contributed by atoms with Crippen molar-refractivity contribution in [1.29, 1.82) is 0 Å². The summed E-state index contributed by atoms with van der Waals surface area (Å²) in [7, 11) is 0. The van der Waals surface area contributed by atoms with Crippen LogP contribution in [0.5, 0.6) is 0 Å². The van der Waals surface area contributed by atoms with E-state index in [0.717, 1.165) is 25.7 Å². The highest BCUT2D eigenvalue weighted by atomic mass is 14.2. The summed E-state index contributed by atoms with van der Waals surface area (Å²) in [5, 5.41) is 0. The van der Waals surface area contributed by atoms with Gasteiger partial charge in [-0.05, 0) is 18.3 Å². The summed E-state index contributed by atoms with van der Waals surface area (Å²) in [4.78, 5) is 0. The normalized spacial score (nSPS) is 10.2. The highest BCUT2D eigenvalue weighted by Gasteiger charge is 2.15. The summed E-state index contributed by atoms with van der Waals surface area (Å²) in [6, 6.07) is 0. The monoisotopic (exact) mass is 148 g/mol. The fraction of sp³-hybridized carbons (Fsp3) is 0.636. The number of rotatable bonds is 4. The van der Waals surface area contributed by atoms with Crippen molar-refractivity contribution in [1.82, 2.24) is 0 Å². The van der Waals surface area contributed by atoms with Crippen LogP contribution in [0.3, 0.4) is 0 Å². The molecular weight excluding hydrogens is 132 g/mol. The molecule has 0 bridgehead atoms. The fourth-order valence-electron chi connectivity index (χ4n) is 0.946. The average Bonchev–Trinajstić information content (AvgIpc) is 1.97. The minimum Gasteiger partial charge on any atom is -0.120 e. The molecule has 0 aliphatic carbocycles. The standard InChI is InChI=1S/C11H16/c1-5-7-9-11(3,4)10-8-6-2/h1-2H,7-10H2,3-4H3. The van der Waals surface area contributed by atoms with Gasteiger partial charge < -0.3 is 0 Å². The highest BCUT2D eigenvalue weighted by molar-refractivity contribution is 4.89. The summed E-state index contributed by atoms with van der Waals surface area (Å²) in [6.45, 7) is 4.42. The van der Waals surface area contributed by atoms with Crippen molar-refractivity contribution in [3.8, 4) is 24.7 Å². The van der Waals surface area contributed by atoms with E-state index in [9.17, 15) is 0 Å². The molecule has 0 spiro atoms. The Kier molecular flexibility index (Phi) is 4.47. The maximum Gasteiger partial charge on any atom is 0.00911 e. The van der Waals surface area contributed by atoms with Crippen molar-refractivity contribution in [2.45, 2.75) is 39.5 Å². The van der Waals surface area contributed by atoms with E-state index in [1.165, 1.54) is 0 Å². The summed E-state index contributed by atoms with van der Waals surface area (Å²) in [5.41, 5.74) is 0.318. The lowest BCUT2D eigenvalue weighted by Gasteiger charge is -2.21. The van der Waals surface area contributed by atoms with Gasteiger partial charge in [0.25, 0.3) is 0 Å². The molecular formula is C11H16. The zero-order chi connectivity index (χ0) is 8.74. The first-order valence-electron chi connectivity index (χ1n) is 3.99. The first-order valence-corrected chi connectivity index (χ1v) is 3.99. The van der Waals surface area contributed by atoms with Crippen molar-refractivity contribution in [2.24, 2.45) is 5.41 Å². The van der Waals surface area contributed by atoms with Gasteiger partial charge in [0.15, 0.2) is 0 Å². The third kappa shape index (κ3) is 5.56. The minimum absolute atomic E-state index is 0.318. The van der Waals surface area contributed by atoms with E-state index in [-0.39, 0.29) is 0 Å². The quantitative estimate of drug-likeness (QED) is 0.538. The van der Waals surface area contributed by atoms with Crippen LogP contribution in [0.1, 0.15) is 39.5 Å². The van der Waals surface area contributed by atoms with Crippen LogP contribution in [0, 0.1) is 30.1 Å². The zero-order valence-electron chi connectivity index (χ0n) is 7.48. The van der Waals surface area contributed by atoms with Crippen LogP contribution < -0.4 is 0 Å². The van der Waals surface area contributed by atoms with Gasteiger partial charge in [-0.3, -0.25) is 0 Å². The topological polar surface area (TPSA) is 0 Å². The third-order valence-corrected chi connectivity index (χ3v) is 1.89. The smallest absolute Gasteiger partial charge is 0.00911 e. The second-order valence-electron chi connectivity index (χ2n) is 3.57. The van der Waals surface area contributed by atoms with Crippen molar-refractivity contribution >= 4 is 0 Å². The number of terminal acetylenes is 2. The summed E-state index contributed by atoms with van der Waals surface area (Å²) >= 11 is 0. The Morgan fingerprint density at radius 3 is 1.64 bits per heavy atom. The van der Waals surface area contributed by atoms with Gasteiger partial charge in [0, 0.05) is 12.8 Å². The van der Waals surface area contributed by atoms with Crippen LogP contribution in [-0.4, -0.2) is 0 Å². The highest BCUT2D eigenvalue weighted by Crippen LogP contribution is 2.27. The third-order valence-electron chi connectivity index (χ3n) is 1.89. The Morgan fingerprint density at radius 2 is 1.36 bits per heavy atom. The summed E-state index contributed by atoms with van der Waals surface area (Å²) < 4.78 is 0. The van der Waals surface area contributed by atoms with Crippen LogP contribution >= 0.6 is 0 Å². The molecule has 0 aromatic heterocycles. The van der Waals surface area contributed by atoms with Gasteiger partial charge in [-0.15, -0.1) is 24.7 Å². The second kappa shape index (κ2) is 4.86.